The van der Waals surface area contributed by atoms with Gasteiger partial charge in [-0.2, -0.15) is 0 Å². The van der Waals surface area contributed by atoms with Crippen LogP contribution in [0.1, 0.15) is 37.6 Å². The van der Waals surface area contributed by atoms with Crippen LogP contribution in [0.3, 0.4) is 0 Å². The summed E-state index contributed by atoms with van der Waals surface area (Å²) in [7, 11) is 0. The lowest BCUT2D eigenvalue weighted by Crippen LogP contribution is -2.16. The van der Waals surface area contributed by atoms with Crippen LogP contribution in [0, 0.1) is 0 Å². The Morgan fingerprint density at radius 3 is 1.74 bits per heavy atom. The van der Waals surface area contributed by atoms with Crippen molar-refractivity contribution in [1.82, 2.24) is 0 Å². The first kappa shape index (κ1) is 15.2. The first-order valence-electron chi connectivity index (χ1n) is 5.80. The third kappa shape index (κ3) is 3.80. The Kier molecular flexibility index (Phi) is 5.53. The van der Waals surface area contributed by atoms with E-state index in [4.69, 9.17) is 4.42 Å². The van der Waals surface area contributed by atoms with Crippen molar-refractivity contribution < 1.29 is 33.7 Å². The van der Waals surface area contributed by atoms with Crippen LogP contribution in [0.4, 0.5) is 0 Å². The molecule has 1 aromatic heterocycles. The van der Waals surface area contributed by atoms with Gasteiger partial charge in [-0.25, -0.2) is 9.59 Å². The normalized spacial score (nSPS) is 13.7. The zero-order valence-electron chi connectivity index (χ0n) is 10.7. The van der Waals surface area contributed by atoms with Crippen molar-refractivity contribution in [3.8, 4) is 0 Å². The van der Waals surface area contributed by atoms with Crippen molar-refractivity contribution in [2.24, 2.45) is 0 Å². The number of ether oxygens (including phenoxy) is 2. The van der Waals surface area contributed by atoms with Crippen LogP contribution in [0.25, 0.3) is 0 Å². The van der Waals surface area contributed by atoms with E-state index in [0.29, 0.717) is 0 Å². The molecule has 0 amide bonds. The maximum absolute atomic E-state index is 11.3. The molecular formula is C12H16O7. The molecule has 0 radical (unpaired) electrons. The van der Waals surface area contributed by atoms with Gasteiger partial charge < -0.3 is 24.1 Å². The molecule has 0 aliphatic rings. The SMILES string of the molecule is CCOC(=O)[C@H](O)c1ccc([C@@H](O)C(=O)OCC)o1. The minimum Gasteiger partial charge on any atom is -0.464 e. The van der Waals surface area contributed by atoms with Crippen LogP contribution >= 0.6 is 0 Å². The molecule has 106 valence electrons. The average molecular weight is 272 g/mol. The summed E-state index contributed by atoms with van der Waals surface area (Å²) < 4.78 is 14.3. The smallest absolute Gasteiger partial charge is 0.342 e. The van der Waals surface area contributed by atoms with E-state index in [1.807, 2.05) is 0 Å². The predicted molar refractivity (Wildman–Crippen MR) is 61.9 cm³/mol. The Labute approximate surface area is 109 Å². The second-order valence-corrected chi connectivity index (χ2v) is 3.55. The largest absolute Gasteiger partial charge is 0.464 e. The Hall–Kier alpha value is -1.86. The number of hydrogen-bond acceptors (Lipinski definition) is 7. The Morgan fingerprint density at radius 2 is 1.42 bits per heavy atom. The highest BCUT2D eigenvalue weighted by Crippen LogP contribution is 2.23. The molecule has 0 aliphatic heterocycles. The lowest BCUT2D eigenvalue weighted by molar-refractivity contribution is -0.154. The monoisotopic (exact) mass is 272 g/mol. The third-order valence-electron chi connectivity index (χ3n) is 2.21. The Bertz CT molecular complexity index is 399. The van der Waals surface area contributed by atoms with E-state index in [9.17, 15) is 19.8 Å². The lowest BCUT2D eigenvalue weighted by Gasteiger charge is -2.08. The van der Waals surface area contributed by atoms with E-state index in [1.54, 1.807) is 13.8 Å². The summed E-state index contributed by atoms with van der Waals surface area (Å²) in [6, 6.07) is 2.55. The number of carbonyl (C=O) groups is 2. The van der Waals surface area contributed by atoms with Gasteiger partial charge in [0.25, 0.3) is 0 Å². The van der Waals surface area contributed by atoms with Crippen LogP contribution in [-0.4, -0.2) is 35.4 Å². The number of esters is 2. The van der Waals surface area contributed by atoms with Gasteiger partial charge in [0.05, 0.1) is 13.2 Å². The lowest BCUT2D eigenvalue weighted by atomic mass is 10.2. The molecule has 1 rings (SSSR count). The van der Waals surface area contributed by atoms with Gasteiger partial charge in [0.1, 0.15) is 11.5 Å². The molecule has 0 aromatic carbocycles. The fraction of sp³-hybridized carbons (Fsp3) is 0.500. The molecule has 0 saturated heterocycles. The van der Waals surface area contributed by atoms with E-state index in [2.05, 4.69) is 9.47 Å². The molecule has 2 N–H and O–H groups in total. The molecule has 0 aliphatic carbocycles. The molecule has 2 atom stereocenters. The van der Waals surface area contributed by atoms with E-state index in [1.165, 1.54) is 12.1 Å². The zero-order valence-corrected chi connectivity index (χ0v) is 10.7. The summed E-state index contributed by atoms with van der Waals surface area (Å²) in [5, 5.41) is 19.2. The molecule has 7 nitrogen and oxygen atoms in total. The number of aliphatic hydroxyl groups excluding tert-OH is 2. The molecule has 0 saturated carbocycles. The van der Waals surface area contributed by atoms with E-state index in [0.717, 1.165) is 0 Å². The van der Waals surface area contributed by atoms with Crippen molar-refractivity contribution in [2.45, 2.75) is 26.1 Å². The minimum absolute atomic E-state index is 0.114. The molecular weight excluding hydrogens is 256 g/mol. The summed E-state index contributed by atoms with van der Waals surface area (Å²) in [6.07, 6.45) is -3.19. The van der Waals surface area contributed by atoms with Gasteiger partial charge in [-0.3, -0.25) is 0 Å². The van der Waals surface area contributed by atoms with Crippen LogP contribution < -0.4 is 0 Å². The molecule has 1 aromatic rings. The van der Waals surface area contributed by atoms with Crippen LogP contribution in [-0.2, 0) is 19.1 Å². The summed E-state index contributed by atoms with van der Waals surface area (Å²) in [4.78, 5) is 22.5. The fourth-order valence-corrected chi connectivity index (χ4v) is 1.34. The van der Waals surface area contributed by atoms with Crippen molar-refractivity contribution in [1.29, 1.82) is 0 Å². The number of furan rings is 1. The maximum atomic E-state index is 11.3. The molecule has 0 unspecified atom stereocenters. The molecule has 7 heteroatoms. The molecule has 1 heterocycles. The Morgan fingerprint density at radius 1 is 1.05 bits per heavy atom. The van der Waals surface area contributed by atoms with Gasteiger partial charge in [-0.05, 0) is 26.0 Å². The van der Waals surface area contributed by atoms with E-state index >= 15 is 0 Å². The van der Waals surface area contributed by atoms with Crippen molar-refractivity contribution >= 4 is 11.9 Å². The summed E-state index contributed by atoms with van der Waals surface area (Å²) in [5.74, 6) is -1.96. The highest BCUT2D eigenvalue weighted by molar-refractivity contribution is 5.76. The standard InChI is InChI=1S/C12H16O7/c1-3-17-11(15)9(13)7-5-6-8(19-7)10(14)12(16)18-4-2/h5-6,9-10,13-14H,3-4H2,1-2H3/t9-,10-/m1/s1. The van der Waals surface area contributed by atoms with Crippen molar-refractivity contribution in [3.63, 3.8) is 0 Å². The molecule has 0 bridgehead atoms. The van der Waals surface area contributed by atoms with Crippen LogP contribution in [0.15, 0.2) is 16.5 Å². The summed E-state index contributed by atoms with van der Waals surface area (Å²) >= 11 is 0. The van der Waals surface area contributed by atoms with Gasteiger partial charge >= 0.3 is 11.9 Å². The van der Waals surface area contributed by atoms with Crippen molar-refractivity contribution in [3.05, 3.63) is 23.7 Å². The van der Waals surface area contributed by atoms with Gasteiger partial charge in [0.2, 0.25) is 12.2 Å². The third-order valence-corrected chi connectivity index (χ3v) is 2.21. The summed E-state index contributed by atoms with van der Waals surface area (Å²) in [6.45, 7) is 3.44. The Balaban J connectivity index is 2.76. The number of rotatable bonds is 6. The first-order chi connectivity index (χ1) is 9.01. The van der Waals surface area contributed by atoms with Gasteiger partial charge in [0.15, 0.2) is 0 Å². The number of hydrogen-bond donors (Lipinski definition) is 2. The van der Waals surface area contributed by atoms with E-state index < -0.39 is 24.1 Å². The number of aliphatic hydroxyl groups is 2. The molecule has 0 spiro atoms. The van der Waals surface area contributed by atoms with Crippen molar-refractivity contribution in [2.75, 3.05) is 13.2 Å². The van der Waals surface area contributed by atoms with Gasteiger partial charge in [0, 0.05) is 0 Å². The quantitative estimate of drug-likeness (QED) is 0.725. The first-order valence-corrected chi connectivity index (χ1v) is 5.80. The maximum Gasteiger partial charge on any atom is 0.342 e. The minimum atomic E-state index is -1.59. The van der Waals surface area contributed by atoms with E-state index in [-0.39, 0.29) is 24.7 Å². The van der Waals surface area contributed by atoms with Gasteiger partial charge in [-0.15, -0.1) is 0 Å². The van der Waals surface area contributed by atoms with Crippen LogP contribution in [0.5, 0.6) is 0 Å². The number of carbonyl (C=O) groups excluding carboxylic acids is 2. The predicted octanol–water partition coefficient (Wildman–Crippen LogP) is 0.473. The molecule has 0 fully saturated rings. The zero-order chi connectivity index (χ0) is 14.4. The molecule has 19 heavy (non-hydrogen) atoms. The second kappa shape index (κ2) is 6.91. The highest BCUT2D eigenvalue weighted by Gasteiger charge is 2.27. The average Bonchev–Trinajstić information content (AvgIpc) is 2.87. The van der Waals surface area contributed by atoms with Gasteiger partial charge in [-0.1, -0.05) is 0 Å². The second-order valence-electron chi connectivity index (χ2n) is 3.55. The topological polar surface area (TPSA) is 106 Å². The van der Waals surface area contributed by atoms with Crippen LogP contribution in [0.2, 0.25) is 0 Å². The fourth-order valence-electron chi connectivity index (χ4n) is 1.34. The summed E-state index contributed by atoms with van der Waals surface area (Å²) in [5.41, 5.74) is 0. The highest BCUT2D eigenvalue weighted by atomic mass is 16.6.